The first-order chi connectivity index (χ1) is 25.6. The first kappa shape index (κ1) is 37.5. The van der Waals surface area contributed by atoms with Gasteiger partial charge in [0.1, 0.15) is 17.2 Å². The van der Waals surface area contributed by atoms with Crippen LogP contribution in [0.25, 0.3) is 11.0 Å². The molecule has 0 spiro atoms. The Labute approximate surface area is 321 Å². The van der Waals surface area contributed by atoms with E-state index in [2.05, 4.69) is 20.4 Å². The van der Waals surface area contributed by atoms with Crippen molar-refractivity contribution < 1.29 is 23.7 Å². The molecule has 1 atom stereocenters. The number of imidazole rings is 1. The van der Waals surface area contributed by atoms with Gasteiger partial charge in [-0.25, -0.2) is 9.37 Å². The lowest BCUT2D eigenvalue weighted by atomic mass is 9.77. The summed E-state index contributed by atoms with van der Waals surface area (Å²) in [5.74, 6) is 2.31. The highest BCUT2D eigenvalue weighted by Crippen LogP contribution is 2.43. The topological polar surface area (TPSA) is 72.2 Å². The number of benzene rings is 4. The van der Waals surface area contributed by atoms with Crippen LogP contribution in [0.2, 0.25) is 10.0 Å². The number of methoxy groups -OCH3 is 3. The van der Waals surface area contributed by atoms with E-state index in [-0.39, 0.29) is 11.2 Å². The number of aromatic nitrogens is 2. The van der Waals surface area contributed by atoms with Gasteiger partial charge < -0.3 is 28.8 Å². The van der Waals surface area contributed by atoms with Gasteiger partial charge in [0, 0.05) is 32.7 Å². The van der Waals surface area contributed by atoms with Crippen molar-refractivity contribution in [3.63, 3.8) is 0 Å². The zero-order valence-corrected chi connectivity index (χ0v) is 32.1. The third-order valence-corrected chi connectivity index (χ3v) is 11.9. The molecule has 2 aliphatic heterocycles. The number of rotatable bonds is 13. The maximum absolute atomic E-state index is 13.7. The van der Waals surface area contributed by atoms with E-state index in [1.807, 2.05) is 48.5 Å². The summed E-state index contributed by atoms with van der Waals surface area (Å²) in [6, 6.07) is 24.6. The number of hydrogen-bond donors (Lipinski definition) is 1. The Kier molecular flexibility index (Phi) is 11.2. The van der Waals surface area contributed by atoms with Crippen LogP contribution in [-0.2, 0) is 25.1 Å². The number of fused-ring (bicyclic) bond motifs is 1. The molecule has 1 N–H and O–H groups in total. The Bertz CT molecular complexity index is 2020. The fourth-order valence-electron chi connectivity index (χ4n) is 8.30. The molecule has 11 heteroatoms. The predicted molar refractivity (Wildman–Crippen MR) is 208 cm³/mol. The third kappa shape index (κ3) is 8.15. The SMILES string of the molecule is COc1cc(CN2CCC(CCN3CCC(O)(c4nc5ccccc5n4Cc4ccc(F)cc4)CC3)(Cc3ccc(Cl)c(Cl)c3)C2)cc(OC)c1OC. The molecule has 53 heavy (non-hydrogen) atoms. The van der Waals surface area contributed by atoms with E-state index >= 15 is 0 Å². The molecule has 1 unspecified atom stereocenters. The number of piperidine rings is 1. The van der Waals surface area contributed by atoms with Crippen molar-refractivity contribution in [3.05, 3.63) is 117 Å². The van der Waals surface area contributed by atoms with E-state index in [0.29, 0.717) is 52.5 Å². The Hall–Kier alpha value is -3.86. The molecule has 5 aromatic rings. The van der Waals surface area contributed by atoms with Crippen LogP contribution in [0.5, 0.6) is 17.2 Å². The second-order valence-electron chi connectivity index (χ2n) is 14.7. The van der Waals surface area contributed by atoms with Gasteiger partial charge in [0.25, 0.3) is 0 Å². The summed E-state index contributed by atoms with van der Waals surface area (Å²) >= 11 is 12.8. The van der Waals surface area contributed by atoms with Gasteiger partial charge in [-0.3, -0.25) is 4.90 Å². The maximum atomic E-state index is 13.7. The highest BCUT2D eigenvalue weighted by molar-refractivity contribution is 6.42. The molecule has 2 fully saturated rings. The van der Waals surface area contributed by atoms with Crippen LogP contribution >= 0.6 is 23.2 Å². The molecule has 2 aliphatic rings. The summed E-state index contributed by atoms with van der Waals surface area (Å²) in [5.41, 5.74) is 4.01. The number of ether oxygens (including phenoxy) is 3. The fraction of sp³-hybridized carbons (Fsp3) is 0.405. The van der Waals surface area contributed by atoms with Crippen LogP contribution in [0.4, 0.5) is 4.39 Å². The van der Waals surface area contributed by atoms with Crippen LogP contribution in [0, 0.1) is 11.2 Å². The molecule has 3 heterocycles. The summed E-state index contributed by atoms with van der Waals surface area (Å²) in [7, 11) is 4.91. The molecule has 0 saturated carbocycles. The predicted octanol–water partition coefficient (Wildman–Crippen LogP) is 8.36. The summed E-state index contributed by atoms with van der Waals surface area (Å²) in [5, 5.41) is 13.3. The Morgan fingerprint density at radius 1 is 0.755 bits per heavy atom. The summed E-state index contributed by atoms with van der Waals surface area (Å²) < 4.78 is 32.6. The summed E-state index contributed by atoms with van der Waals surface area (Å²) in [6.07, 6.45) is 4.09. The molecule has 2 saturated heterocycles. The van der Waals surface area contributed by atoms with Crippen molar-refractivity contribution in [2.45, 2.75) is 50.8 Å². The number of hydrogen-bond acceptors (Lipinski definition) is 7. The van der Waals surface area contributed by atoms with E-state index in [0.717, 1.165) is 80.7 Å². The van der Waals surface area contributed by atoms with Gasteiger partial charge in [-0.2, -0.15) is 0 Å². The second-order valence-corrected chi connectivity index (χ2v) is 15.5. The molecule has 0 bridgehead atoms. The molecule has 0 amide bonds. The third-order valence-electron chi connectivity index (χ3n) is 11.2. The van der Waals surface area contributed by atoms with E-state index in [9.17, 15) is 9.50 Å². The minimum atomic E-state index is -1.07. The smallest absolute Gasteiger partial charge is 0.203 e. The average molecular weight is 762 g/mol. The molecule has 7 rings (SSSR count). The van der Waals surface area contributed by atoms with Crippen LogP contribution in [0.15, 0.2) is 78.9 Å². The lowest BCUT2D eigenvalue weighted by Gasteiger charge is -2.39. The molecule has 280 valence electrons. The monoisotopic (exact) mass is 760 g/mol. The molecular formula is C42H47Cl2FN4O4. The Morgan fingerprint density at radius 2 is 1.43 bits per heavy atom. The molecule has 4 aromatic carbocycles. The lowest BCUT2D eigenvalue weighted by molar-refractivity contribution is -0.0368. The van der Waals surface area contributed by atoms with Crippen LogP contribution in [0.1, 0.15) is 48.2 Å². The summed E-state index contributed by atoms with van der Waals surface area (Å²) in [4.78, 5) is 9.97. The van der Waals surface area contributed by atoms with Gasteiger partial charge >= 0.3 is 0 Å². The minimum absolute atomic E-state index is 0.0225. The zero-order valence-electron chi connectivity index (χ0n) is 30.6. The van der Waals surface area contributed by atoms with Gasteiger partial charge in [-0.05, 0) is 116 Å². The largest absolute Gasteiger partial charge is 0.493 e. The number of likely N-dealkylation sites (tertiary alicyclic amines) is 2. The average Bonchev–Trinajstić information content (AvgIpc) is 3.74. The van der Waals surface area contributed by atoms with Gasteiger partial charge in [0.05, 0.1) is 42.4 Å². The number of halogens is 3. The lowest BCUT2D eigenvalue weighted by Crippen LogP contribution is -2.45. The number of para-hydroxylation sites is 2. The molecule has 0 radical (unpaired) electrons. The first-order valence-corrected chi connectivity index (χ1v) is 19.0. The van der Waals surface area contributed by atoms with E-state index < -0.39 is 5.60 Å². The Morgan fingerprint density at radius 3 is 2.11 bits per heavy atom. The van der Waals surface area contributed by atoms with Crippen LogP contribution < -0.4 is 14.2 Å². The van der Waals surface area contributed by atoms with Crippen LogP contribution in [0.3, 0.4) is 0 Å². The quantitative estimate of drug-likeness (QED) is 0.129. The van der Waals surface area contributed by atoms with Crippen molar-refractivity contribution in [1.29, 1.82) is 0 Å². The van der Waals surface area contributed by atoms with Crippen molar-refractivity contribution in [2.75, 3.05) is 54.1 Å². The van der Waals surface area contributed by atoms with E-state index in [1.165, 1.54) is 17.7 Å². The number of aliphatic hydroxyl groups is 1. The highest BCUT2D eigenvalue weighted by Gasteiger charge is 2.41. The minimum Gasteiger partial charge on any atom is -0.493 e. The van der Waals surface area contributed by atoms with E-state index in [4.69, 9.17) is 42.4 Å². The highest BCUT2D eigenvalue weighted by atomic mass is 35.5. The molecule has 0 aliphatic carbocycles. The zero-order chi connectivity index (χ0) is 37.2. The van der Waals surface area contributed by atoms with E-state index in [1.54, 1.807) is 33.5 Å². The van der Waals surface area contributed by atoms with Gasteiger partial charge in [0.15, 0.2) is 11.5 Å². The fourth-order valence-corrected chi connectivity index (χ4v) is 8.62. The van der Waals surface area contributed by atoms with Gasteiger partial charge in [-0.1, -0.05) is 53.5 Å². The normalized spacial score (nSPS) is 19.2. The molecule has 1 aromatic heterocycles. The maximum Gasteiger partial charge on any atom is 0.203 e. The number of nitrogens with zero attached hydrogens (tertiary/aromatic N) is 4. The Balaban J connectivity index is 1.07. The second kappa shape index (κ2) is 15.9. The van der Waals surface area contributed by atoms with Crippen molar-refractivity contribution in [1.82, 2.24) is 19.4 Å². The molecular weight excluding hydrogens is 714 g/mol. The standard InChI is InChI=1S/C42H47Cl2FN4O4/c1-51-37-23-31(24-38(52-2)39(37)53-3)26-48-19-15-41(28-48,25-30-10-13-33(43)34(44)22-30)14-18-47-20-16-42(50,17-21-47)40-46-35-6-4-5-7-36(35)49(40)27-29-8-11-32(45)12-9-29/h4-13,22-24,50H,14-21,25-28H2,1-3H3. The van der Waals surface area contributed by atoms with Crippen molar-refractivity contribution >= 4 is 34.2 Å². The molecule has 8 nitrogen and oxygen atoms in total. The van der Waals surface area contributed by atoms with Crippen molar-refractivity contribution in [2.24, 2.45) is 5.41 Å². The first-order valence-electron chi connectivity index (χ1n) is 18.2. The van der Waals surface area contributed by atoms with Crippen molar-refractivity contribution in [3.8, 4) is 17.2 Å². The summed E-state index contributed by atoms with van der Waals surface area (Å²) in [6.45, 7) is 5.59. The van der Waals surface area contributed by atoms with Crippen LogP contribution in [-0.4, -0.2) is 78.5 Å². The van der Waals surface area contributed by atoms with Gasteiger partial charge in [-0.15, -0.1) is 0 Å². The van der Waals surface area contributed by atoms with Gasteiger partial charge in [0.2, 0.25) is 5.75 Å².